The van der Waals surface area contributed by atoms with Gasteiger partial charge in [0.2, 0.25) is 0 Å². The second-order valence-electron chi connectivity index (χ2n) is 6.78. The Kier molecular flexibility index (Phi) is 5.78. The number of benzene rings is 2. The lowest BCUT2D eigenvalue weighted by molar-refractivity contribution is 0.588. The molecule has 0 saturated carbocycles. The van der Waals surface area contributed by atoms with E-state index in [4.69, 9.17) is 0 Å². The molecule has 4 aromatic rings. The second kappa shape index (κ2) is 8.37. The topological polar surface area (TPSA) is 76.0 Å². The Morgan fingerprint density at radius 3 is 2.65 bits per heavy atom. The van der Waals surface area contributed by atoms with Crippen molar-refractivity contribution in [2.75, 3.05) is 12.4 Å². The summed E-state index contributed by atoms with van der Waals surface area (Å²) in [6.45, 7) is 0.450. The van der Waals surface area contributed by atoms with E-state index in [2.05, 4.69) is 31.5 Å². The Hall–Kier alpha value is -2.82. The number of halogens is 3. The molecule has 0 atom stereocenters. The average molecular weight is 507 g/mol. The molecule has 160 valence electrons. The molecule has 2 N–H and O–H groups in total. The number of aromatic nitrogens is 2. The molecule has 2 aromatic heterocycles. The largest absolute Gasteiger partial charge is 0.353 e. The summed E-state index contributed by atoms with van der Waals surface area (Å²) in [6.07, 6.45) is 4.32. The zero-order valence-electron chi connectivity index (χ0n) is 16.2. The molecule has 0 fully saturated rings. The van der Waals surface area contributed by atoms with Crippen molar-refractivity contribution in [3.05, 3.63) is 82.7 Å². The second-order valence-corrected chi connectivity index (χ2v) is 9.45. The molecule has 2 heterocycles. The molecule has 31 heavy (non-hydrogen) atoms. The Morgan fingerprint density at radius 2 is 1.94 bits per heavy atom. The highest BCUT2D eigenvalue weighted by molar-refractivity contribution is 9.10. The Morgan fingerprint density at radius 1 is 1.13 bits per heavy atom. The zero-order chi connectivity index (χ0) is 22.2. The molecule has 0 saturated heterocycles. The summed E-state index contributed by atoms with van der Waals surface area (Å²) in [5.41, 5.74) is 1.52. The summed E-state index contributed by atoms with van der Waals surface area (Å²) >= 11 is 2.95. The third-order valence-electron chi connectivity index (χ3n) is 4.70. The molecule has 0 radical (unpaired) electrons. The average Bonchev–Trinajstić information content (AvgIpc) is 3.11. The van der Waals surface area contributed by atoms with Crippen LogP contribution in [0.4, 0.5) is 20.2 Å². The molecule has 0 unspecified atom stereocenters. The zero-order valence-corrected chi connectivity index (χ0v) is 18.6. The first kappa shape index (κ1) is 21.4. The molecule has 0 spiro atoms. The van der Waals surface area contributed by atoms with Crippen molar-refractivity contribution >= 4 is 48.2 Å². The molecule has 6 nitrogen and oxygen atoms in total. The minimum atomic E-state index is -3.91. The summed E-state index contributed by atoms with van der Waals surface area (Å²) in [5.74, 6) is -1.27. The van der Waals surface area contributed by atoms with Crippen LogP contribution in [-0.4, -0.2) is 24.4 Å². The number of nitrogens with one attached hydrogen (secondary N) is 2. The fourth-order valence-electron chi connectivity index (χ4n) is 3.26. The van der Waals surface area contributed by atoms with Crippen molar-refractivity contribution in [1.82, 2.24) is 14.3 Å². The lowest BCUT2D eigenvalue weighted by Gasteiger charge is -2.11. The predicted octanol–water partition coefficient (Wildman–Crippen LogP) is 4.78. The SMILES string of the molecule is CNCc1cn(S(=O)(=O)c2cccnc2)c2cc(Nc3cc(F)c(Br)cc3F)ccc12. The van der Waals surface area contributed by atoms with Crippen LogP contribution >= 0.6 is 15.9 Å². The van der Waals surface area contributed by atoms with Gasteiger partial charge in [-0.3, -0.25) is 4.98 Å². The van der Waals surface area contributed by atoms with E-state index >= 15 is 0 Å². The number of fused-ring (bicyclic) bond motifs is 1. The molecule has 0 bridgehead atoms. The molecule has 0 aliphatic carbocycles. The first-order chi connectivity index (χ1) is 14.8. The van der Waals surface area contributed by atoms with Gasteiger partial charge >= 0.3 is 0 Å². The van der Waals surface area contributed by atoms with Crippen molar-refractivity contribution in [2.45, 2.75) is 11.4 Å². The summed E-state index contributed by atoms with van der Waals surface area (Å²) in [4.78, 5) is 3.94. The van der Waals surface area contributed by atoms with Crippen LogP contribution in [0.25, 0.3) is 10.9 Å². The number of pyridine rings is 1. The van der Waals surface area contributed by atoms with Gasteiger partial charge in [-0.05, 0) is 58.9 Å². The van der Waals surface area contributed by atoms with Gasteiger partial charge in [-0.15, -0.1) is 0 Å². The monoisotopic (exact) mass is 506 g/mol. The van der Waals surface area contributed by atoms with Gasteiger partial charge < -0.3 is 10.6 Å². The minimum absolute atomic E-state index is 0.0131. The van der Waals surface area contributed by atoms with Crippen molar-refractivity contribution in [1.29, 1.82) is 0 Å². The van der Waals surface area contributed by atoms with E-state index in [1.807, 2.05) is 0 Å². The first-order valence-corrected chi connectivity index (χ1v) is 11.4. The number of hydrogen-bond donors (Lipinski definition) is 2. The third kappa shape index (κ3) is 4.06. The normalized spacial score (nSPS) is 11.7. The standard InChI is InChI=1S/C21H17BrF2N4O2S/c1-25-10-13-12-28(31(29,30)15-3-2-6-26-11-15)21-7-14(4-5-16(13)21)27-20-9-18(23)17(22)8-19(20)24/h2-9,11-12,25,27H,10H2,1H3. The van der Waals surface area contributed by atoms with Gasteiger partial charge in [0, 0.05) is 42.3 Å². The van der Waals surface area contributed by atoms with Gasteiger partial charge in [0.1, 0.15) is 16.5 Å². The van der Waals surface area contributed by atoms with E-state index in [1.165, 1.54) is 22.4 Å². The smallest absolute Gasteiger partial charge is 0.269 e. The van der Waals surface area contributed by atoms with Gasteiger partial charge in [0.15, 0.2) is 0 Å². The maximum absolute atomic E-state index is 14.2. The first-order valence-electron chi connectivity index (χ1n) is 9.17. The van der Waals surface area contributed by atoms with Gasteiger partial charge in [0.05, 0.1) is 15.7 Å². The van der Waals surface area contributed by atoms with Crippen LogP contribution < -0.4 is 10.6 Å². The van der Waals surface area contributed by atoms with Gasteiger partial charge in [-0.2, -0.15) is 0 Å². The van der Waals surface area contributed by atoms with E-state index in [9.17, 15) is 17.2 Å². The van der Waals surface area contributed by atoms with Crippen LogP contribution in [0.5, 0.6) is 0 Å². The molecular weight excluding hydrogens is 490 g/mol. The lowest BCUT2D eigenvalue weighted by Crippen LogP contribution is -2.12. The Bertz CT molecular complexity index is 1380. The molecular formula is C21H17BrF2N4O2S. The highest BCUT2D eigenvalue weighted by Crippen LogP contribution is 2.31. The van der Waals surface area contributed by atoms with Crippen LogP contribution in [-0.2, 0) is 16.6 Å². The third-order valence-corrected chi connectivity index (χ3v) is 6.97. The van der Waals surface area contributed by atoms with E-state index in [0.29, 0.717) is 17.7 Å². The van der Waals surface area contributed by atoms with Crippen LogP contribution in [0.3, 0.4) is 0 Å². The molecule has 10 heteroatoms. The van der Waals surface area contributed by atoms with Crippen LogP contribution in [0, 0.1) is 11.6 Å². The minimum Gasteiger partial charge on any atom is -0.353 e. The predicted molar refractivity (Wildman–Crippen MR) is 119 cm³/mol. The molecule has 4 rings (SSSR count). The van der Waals surface area contributed by atoms with Gasteiger partial charge in [-0.25, -0.2) is 21.2 Å². The highest BCUT2D eigenvalue weighted by Gasteiger charge is 2.22. The fraction of sp³-hybridized carbons (Fsp3) is 0.0952. The van der Waals surface area contributed by atoms with E-state index in [-0.39, 0.29) is 15.1 Å². The fourth-order valence-corrected chi connectivity index (χ4v) is 4.92. The van der Waals surface area contributed by atoms with Crippen molar-refractivity contribution in [2.24, 2.45) is 0 Å². The Balaban J connectivity index is 1.85. The van der Waals surface area contributed by atoms with Crippen molar-refractivity contribution in [3.8, 4) is 0 Å². The van der Waals surface area contributed by atoms with E-state index < -0.39 is 21.7 Å². The molecule has 0 aliphatic heterocycles. The maximum Gasteiger partial charge on any atom is 0.269 e. The maximum atomic E-state index is 14.2. The summed E-state index contributed by atoms with van der Waals surface area (Å²) < 4.78 is 55.8. The van der Waals surface area contributed by atoms with Crippen LogP contribution in [0.15, 0.2) is 70.4 Å². The summed E-state index contributed by atoms with van der Waals surface area (Å²) in [6, 6.07) is 10.1. The highest BCUT2D eigenvalue weighted by atomic mass is 79.9. The van der Waals surface area contributed by atoms with E-state index in [1.54, 1.807) is 37.5 Å². The number of nitrogens with zero attached hydrogens (tertiary/aromatic N) is 2. The lowest BCUT2D eigenvalue weighted by atomic mass is 10.1. The van der Waals surface area contributed by atoms with Gasteiger partial charge in [0.25, 0.3) is 10.0 Å². The summed E-state index contributed by atoms with van der Waals surface area (Å²) in [5, 5.41) is 6.56. The molecule has 0 aliphatic rings. The van der Waals surface area contributed by atoms with Crippen LogP contribution in [0.1, 0.15) is 5.56 Å². The quantitative estimate of drug-likeness (QED) is 0.368. The molecule has 0 amide bonds. The number of hydrogen-bond acceptors (Lipinski definition) is 5. The van der Waals surface area contributed by atoms with E-state index in [0.717, 1.165) is 23.1 Å². The van der Waals surface area contributed by atoms with Crippen molar-refractivity contribution in [3.63, 3.8) is 0 Å². The number of anilines is 2. The number of rotatable bonds is 6. The van der Waals surface area contributed by atoms with Crippen molar-refractivity contribution < 1.29 is 17.2 Å². The van der Waals surface area contributed by atoms with Gasteiger partial charge in [-0.1, -0.05) is 6.07 Å². The summed E-state index contributed by atoms with van der Waals surface area (Å²) in [7, 11) is -2.15. The molecule has 2 aromatic carbocycles. The van der Waals surface area contributed by atoms with Crippen LogP contribution in [0.2, 0.25) is 0 Å². The Labute approximate surface area is 186 Å².